The fraction of sp³-hybridized carbons (Fsp3) is 0.182. The minimum Gasteiger partial charge on any atom is -0.466 e. The van der Waals surface area contributed by atoms with Crippen molar-refractivity contribution < 1.29 is 45.4 Å². The fourth-order valence-corrected chi connectivity index (χ4v) is 3.58. The van der Waals surface area contributed by atoms with E-state index in [1.165, 1.54) is 12.1 Å². The van der Waals surface area contributed by atoms with Crippen LogP contribution in [0.15, 0.2) is 58.3 Å². The lowest BCUT2D eigenvalue weighted by Crippen LogP contribution is -2.09. The highest BCUT2D eigenvalue weighted by atomic mass is 32.2. The number of rotatable bonds is 6. The molecule has 33 heavy (non-hydrogen) atoms. The number of benzene rings is 2. The van der Waals surface area contributed by atoms with Crippen molar-refractivity contribution in [1.82, 2.24) is 0 Å². The van der Waals surface area contributed by atoms with Crippen molar-refractivity contribution in [1.29, 1.82) is 0 Å². The molecule has 0 radical (unpaired) electrons. The summed E-state index contributed by atoms with van der Waals surface area (Å²) in [5, 5.41) is 0. The molecule has 2 rings (SSSR count). The predicted octanol–water partition coefficient (Wildman–Crippen LogP) is 6.25. The topological polar surface area (TPSA) is 52.6 Å². The first-order valence-electron chi connectivity index (χ1n) is 8.97. The van der Waals surface area contributed by atoms with Gasteiger partial charge in [-0.1, -0.05) is 23.9 Å². The molecule has 0 saturated heterocycles. The number of carbonyl (C=O) groups is 2. The third-order valence-electron chi connectivity index (χ3n) is 4.06. The van der Waals surface area contributed by atoms with Crippen LogP contribution in [0, 0.1) is 0 Å². The lowest BCUT2D eigenvalue weighted by molar-refractivity contribution is -0.140. The Labute approximate surface area is 188 Å². The number of hydrogen-bond donors (Lipinski definition) is 0. The molecule has 0 heterocycles. The largest absolute Gasteiger partial charge is 0.466 e. The van der Waals surface area contributed by atoms with Gasteiger partial charge in [0.05, 0.1) is 25.3 Å². The van der Waals surface area contributed by atoms with E-state index in [0.717, 1.165) is 62.8 Å². The Hall–Kier alpha value is -3.21. The average molecular weight is 490 g/mol. The molecule has 0 unspecified atom stereocenters. The molecule has 0 amide bonds. The predicted molar refractivity (Wildman–Crippen MR) is 109 cm³/mol. The molecular weight excluding hydrogens is 474 g/mol. The maximum Gasteiger partial charge on any atom is 0.417 e. The van der Waals surface area contributed by atoms with Gasteiger partial charge in [-0.05, 0) is 47.5 Å². The molecule has 0 aliphatic rings. The molecule has 4 nitrogen and oxygen atoms in total. The van der Waals surface area contributed by atoms with Crippen molar-refractivity contribution in [3.8, 4) is 0 Å². The number of carbonyl (C=O) groups excluding carboxylic acids is 2. The molecule has 0 bridgehead atoms. The van der Waals surface area contributed by atoms with Crippen LogP contribution in [0.5, 0.6) is 0 Å². The van der Waals surface area contributed by atoms with Crippen molar-refractivity contribution >= 4 is 35.9 Å². The summed E-state index contributed by atoms with van der Waals surface area (Å²) in [4.78, 5) is 21.4. The lowest BCUT2D eigenvalue weighted by Gasteiger charge is -2.17. The van der Waals surface area contributed by atoms with Crippen molar-refractivity contribution in [2.24, 2.45) is 0 Å². The molecular formula is C22H16F6O4S. The zero-order valence-electron chi connectivity index (χ0n) is 17.1. The molecule has 0 fully saturated rings. The van der Waals surface area contributed by atoms with E-state index in [9.17, 15) is 35.9 Å². The summed E-state index contributed by atoms with van der Waals surface area (Å²) in [6.45, 7) is 0. The summed E-state index contributed by atoms with van der Waals surface area (Å²) in [7, 11) is 2.20. The van der Waals surface area contributed by atoms with E-state index >= 15 is 0 Å². The van der Waals surface area contributed by atoms with Crippen LogP contribution in [-0.4, -0.2) is 26.2 Å². The van der Waals surface area contributed by atoms with Crippen LogP contribution in [0.25, 0.3) is 12.2 Å². The van der Waals surface area contributed by atoms with Gasteiger partial charge in [-0.15, -0.1) is 0 Å². The SMILES string of the molecule is COC(=O)/C=C/c1ccc(Sc2ccc(/C=C/C(=O)OC)cc2C(F)(F)F)c(C(F)(F)F)c1. The van der Waals surface area contributed by atoms with E-state index in [1.54, 1.807) is 0 Å². The molecule has 176 valence electrons. The van der Waals surface area contributed by atoms with Gasteiger partial charge in [0.2, 0.25) is 0 Å². The molecule has 0 atom stereocenters. The Morgan fingerprint density at radius 2 is 1.09 bits per heavy atom. The Balaban J connectivity index is 2.50. The molecule has 0 aromatic heterocycles. The van der Waals surface area contributed by atoms with E-state index in [0.29, 0.717) is 11.8 Å². The first kappa shape index (κ1) is 26.0. The Morgan fingerprint density at radius 1 is 0.727 bits per heavy atom. The number of hydrogen-bond acceptors (Lipinski definition) is 5. The Morgan fingerprint density at radius 3 is 1.39 bits per heavy atom. The summed E-state index contributed by atoms with van der Waals surface area (Å²) in [6.07, 6.45) is -5.69. The molecule has 0 aliphatic heterocycles. The number of ether oxygens (including phenoxy) is 2. The summed E-state index contributed by atoms with van der Waals surface area (Å²) in [5.74, 6) is -1.56. The monoisotopic (exact) mass is 490 g/mol. The van der Waals surface area contributed by atoms with E-state index in [2.05, 4.69) is 9.47 Å². The lowest BCUT2D eigenvalue weighted by atomic mass is 10.1. The summed E-state index contributed by atoms with van der Waals surface area (Å²) in [5.41, 5.74) is -2.31. The molecule has 0 aliphatic carbocycles. The van der Waals surface area contributed by atoms with Crippen LogP contribution >= 0.6 is 11.8 Å². The zero-order valence-corrected chi connectivity index (χ0v) is 17.9. The van der Waals surface area contributed by atoms with E-state index in [-0.39, 0.29) is 11.1 Å². The average Bonchev–Trinajstić information content (AvgIpc) is 2.75. The van der Waals surface area contributed by atoms with Crippen molar-refractivity contribution in [2.75, 3.05) is 14.2 Å². The number of esters is 2. The fourth-order valence-electron chi connectivity index (χ4n) is 2.51. The van der Waals surface area contributed by atoms with Gasteiger partial charge < -0.3 is 9.47 Å². The number of methoxy groups -OCH3 is 2. The highest BCUT2D eigenvalue weighted by molar-refractivity contribution is 7.99. The minimum atomic E-state index is -4.86. The summed E-state index contributed by atoms with van der Waals surface area (Å²) in [6, 6.07) is 5.96. The Kier molecular flexibility index (Phi) is 8.37. The van der Waals surface area contributed by atoms with Gasteiger partial charge in [0, 0.05) is 21.9 Å². The Bertz CT molecular complexity index is 1000. The van der Waals surface area contributed by atoms with Crippen LogP contribution < -0.4 is 0 Å². The second kappa shape index (κ2) is 10.6. The van der Waals surface area contributed by atoms with Gasteiger partial charge in [-0.25, -0.2) is 9.59 Å². The van der Waals surface area contributed by atoms with Crippen LogP contribution in [0.4, 0.5) is 26.3 Å². The van der Waals surface area contributed by atoms with E-state index in [1.807, 2.05) is 0 Å². The molecule has 0 spiro atoms. The molecule has 11 heteroatoms. The minimum absolute atomic E-state index is 0.0106. The molecule has 2 aromatic carbocycles. The summed E-state index contributed by atoms with van der Waals surface area (Å²) >= 11 is 0.298. The van der Waals surface area contributed by atoms with Crippen LogP contribution in [0.1, 0.15) is 22.3 Å². The highest BCUT2D eigenvalue weighted by Gasteiger charge is 2.37. The normalized spacial score (nSPS) is 12.4. The van der Waals surface area contributed by atoms with Gasteiger partial charge in [-0.3, -0.25) is 0 Å². The third-order valence-corrected chi connectivity index (χ3v) is 5.22. The van der Waals surface area contributed by atoms with Crippen molar-refractivity contribution in [3.05, 3.63) is 70.8 Å². The van der Waals surface area contributed by atoms with Gasteiger partial charge in [-0.2, -0.15) is 26.3 Å². The summed E-state index contributed by atoms with van der Waals surface area (Å²) < 4.78 is 90.4. The van der Waals surface area contributed by atoms with Crippen molar-refractivity contribution in [3.63, 3.8) is 0 Å². The van der Waals surface area contributed by atoms with Gasteiger partial charge in [0.1, 0.15) is 0 Å². The molecule has 2 aromatic rings. The first-order valence-corrected chi connectivity index (χ1v) is 9.79. The van der Waals surface area contributed by atoms with Crippen LogP contribution in [0.3, 0.4) is 0 Å². The van der Waals surface area contributed by atoms with Crippen molar-refractivity contribution in [2.45, 2.75) is 22.1 Å². The molecule has 0 N–H and O–H groups in total. The second-order valence-electron chi connectivity index (χ2n) is 6.32. The number of halogens is 6. The van der Waals surface area contributed by atoms with Crippen LogP contribution in [-0.2, 0) is 31.4 Å². The zero-order chi connectivity index (χ0) is 24.8. The maximum atomic E-state index is 13.6. The number of alkyl halides is 6. The van der Waals surface area contributed by atoms with E-state index < -0.39 is 45.2 Å². The smallest absolute Gasteiger partial charge is 0.417 e. The van der Waals surface area contributed by atoms with Gasteiger partial charge in [0.15, 0.2) is 0 Å². The standard InChI is InChI=1S/C22H16F6O4S/c1-31-19(29)9-5-13-3-7-17(15(11-13)21(23,24)25)33-18-8-4-14(6-10-20(30)32-2)12-16(18)22(26,27)28/h3-12H,1-2H3/b9-5+,10-6+. The molecule has 0 saturated carbocycles. The van der Waals surface area contributed by atoms with Gasteiger partial charge >= 0.3 is 24.3 Å². The maximum absolute atomic E-state index is 13.6. The quantitative estimate of drug-likeness (QED) is 0.272. The van der Waals surface area contributed by atoms with Gasteiger partial charge in [0.25, 0.3) is 0 Å². The van der Waals surface area contributed by atoms with Crippen LogP contribution in [0.2, 0.25) is 0 Å². The second-order valence-corrected chi connectivity index (χ2v) is 7.41. The highest BCUT2D eigenvalue weighted by Crippen LogP contribution is 2.44. The third kappa shape index (κ3) is 7.41. The van der Waals surface area contributed by atoms with E-state index in [4.69, 9.17) is 0 Å². The first-order chi connectivity index (χ1) is 15.3.